The Kier molecular flexibility index (Phi) is 10.5. The molecule has 0 N–H and O–H groups in total. The van der Waals surface area contributed by atoms with Crippen LogP contribution >= 0.6 is 0 Å². The molecular weight excluding hydrogens is 490 g/mol. The van der Waals surface area contributed by atoms with Crippen molar-refractivity contribution in [2.75, 3.05) is 19.6 Å². The van der Waals surface area contributed by atoms with Gasteiger partial charge >= 0.3 is 0 Å². The van der Waals surface area contributed by atoms with Gasteiger partial charge in [-0.25, -0.2) is 17.2 Å². The van der Waals surface area contributed by atoms with Gasteiger partial charge in [0.1, 0.15) is 6.17 Å². The van der Waals surface area contributed by atoms with Crippen molar-refractivity contribution in [1.29, 1.82) is 0 Å². The lowest BCUT2D eigenvalue weighted by Crippen LogP contribution is -2.56. The number of allylic oxidation sites excluding steroid dienone is 2. The maximum atomic E-state index is 14.1. The maximum Gasteiger partial charge on any atom is 0.243 e. The number of halogens is 2. The van der Waals surface area contributed by atoms with Crippen molar-refractivity contribution < 1.29 is 17.2 Å². The van der Waals surface area contributed by atoms with Crippen molar-refractivity contribution in [1.82, 2.24) is 9.21 Å². The summed E-state index contributed by atoms with van der Waals surface area (Å²) in [5, 5.41) is 0. The fourth-order valence-corrected chi connectivity index (χ4v) is 7.93. The van der Waals surface area contributed by atoms with Gasteiger partial charge in [-0.15, -0.1) is 0 Å². The highest BCUT2D eigenvalue weighted by Crippen LogP contribution is 2.56. The molecule has 1 aromatic rings. The van der Waals surface area contributed by atoms with Crippen LogP contribution in [-0.2, 0) is 10.0 Å². The summed E-state index contributed by atoms with van der Waals surface area (Å²) in [6, 6.07) is 6.95. The van der Waals surface area contributed by atoms with Gasteiger partial charge in [0.25, 0.3) is 0 Å². The largest absolute Gasteiger partial charge is 0.303 e. The number of nitrogens with zero attached hydrogens (tertiary/aromatic N) is 2. The molecule has 2 heterocycles. The van der Waals surface area contributed by atoms with Crippen molar-refractivity contribution in [2.45, 2.75) is 109 Å². The number of benzene rings is 1. The number of rotatable bonds is 9. The Morgan fingerprint density at radius 1 is 1.11 bits per heavy atom. The van der Waals surface area contributed by atoms with Crippen molar-refractivity contribution in [3.8, 4) is 0 Å². The van der Waals surface area contributed by atoms with Crippen LogP contribution in [0, 0.1) is 12.3 Å². The third kappa shape index (κ3) is 7.51. The first kappa shape index (κ1) is 30.0. The van der Waals surface area contributed by atoms with E-state index in [1.807, 2.05) is 30.3 Å². The number of piperidine rings is 1. The number of aryl methyl sites for hydroxylation is 1. The number of likely N-dealkylation sites (tertiary alicyclic amines) is 1. The van der Waals surface area contributed by atoms with E-state index >= 15 is 0 Å². The molecule has 208 valence electrons. The first-order valence-corrected chi connectivity index (χ1v) is 15.5. The molecule has 0 amide bonds. The first-order valence-electron chi connectivity index (χ1n) is 14.0. The van der Waals surface area contributed by atoms with Crippen LogP contribution in [0.15, 0.2) is 53.2 Å². The molecule has 1 aromatic carbocycles. The van der Waals surface area contributed by atoms with E-state index in [0.717, 1.165) is 62.9 Å². The molecule has 0 radical (unpaired) electrons. The van der Waals surface area contributed by atoms with E-state index in [4.69, 9.17) is 0 Å². The smallest absolute Gasteiger partial charge is 0.243 e. The summed E-state index contributed by atoms with van der Waals surface area (Å²) in [6.45, 7) is 13.5. The van der Waals surface area contributed by atoms with Crippen molar-refractivity contribution >= 4 is 10.0 Å². The van der Waals surface area contributed by atoms with Gasteiger partial charge in [-0.2, -0.15) is 4.31 Å². The van der Waals surface area contributed by atoms with Gasteiger partial charge in [-0.3, -0.25) is 0 Å². The van der Waals surface area contributed by atoms with E-state index in [-0.39, 0.29) is 23.3 Å². The number of hydrogen-bond donors (Lipinski definition) is 0. The highest BCUT2D eigenvalue weighted by molar-refractivity contribution is 7.89. The highest BCUT2D eigenvalue weighted by Gasteiger charge is 2.57. The minimum absolute atomic E-state index is 0.0157. The predicted octanol–water partition coefficient (Wildman–Crippen LogP) is 7.36. The van der Waals surface area contributed by atoms with Crippen LogP contribution in [0.2, 0.25) is 0 Å². The van der Waals surface area contributed by atoms with E-state index in [2.05, 4.69) is 11.5 Å². The van der Waals surface area contributed by atoms with Crippen LogP contribution in [-0.4, -0.2) is 55.5 Å². The van der Waals surface area contributed by atoms with Gasteiger partial charge in [0, 0.05) is 18.6 Å². The number of hydrogen-bond acceptors (Lipinski definition) is 3. The minimum Gasteiger partial charge on any atom is -0.303 e. The average Bonchev–Trinajstić information content (AvgIpc) is 3.47. The Morgan fingerprint density at radius 2 is 1.70 bits per heavy atom. The zero-order valence-corrected chi connectivity index (χ0v) is 24.0. The molecule has 1 unspecified atom stereocenters. The van der Waals surface area contributed by atoms with Crippen molar-refractivity contribution in [3.63, 3.8) is 0 Å². The van der Waals surface area contributed by atoms with Gasteiger partial charge in [0.15, 0.2) is 0 Å². The fraction of sp³-hybridized carbons (Fsp3) is 0.667. The lowest BCUT2D eigenvalue weighted by atomic mass is 9.83. The summed E-state index contributed by atoms with van der Waals surface area (Å²) in [5.74, 6) is -0.245. The van der Waals surface area contributed by atoms with Gasteiger partial charge in [-0.05, 0) is 102 Å². The molecule has 3 atom stereocenters. The quantitative estimate of drug-likeness (QED) is 0.310. The molecule has 7 heteroatoms. The molecule has 0 spiro atoms. The monoisotopic (exact) mass is 536 g/mol. The molecule has 3 aliphatic rings. The second-order valence-electron chi connectivity index (χ2n) is 11.1. The standard InChI is InChI=1S/C26H39FN2O2S.C4H7F/c1-4-22(18-21(3)27)24-8-7-9-25(26(14-15-26)19-28-16-5-6-17-28)29(24)32(30,31)23-12-10-20(2)11-13-23;1-3-4(2)5/h10-13,18,21,24-25H,4-9,14-17,19H2,1-3H3;2-3H2,1H3/b22-18+;/t21?,24-,25+;/m0./s1. The summed E-state index contributed by atoms with van der Waals surface area (Å²) < 4.78 is 55.4. The summed E-state index contributed by atoms with van der Waals surface area (Å²) in [7, 11) is -3.69. The van der Waals surface area contributed by atoms with Crippen LogP contribution in [0.5, 0.6) is 0 Å². The predicted molar refractivity (Wildman–Crippen MR) is 148 cm³/mol. The van der Waals surface area contributed by atoms with E-state index in [1.54, 1.807) is 25.1 Å². The molecule has 0 bridgehead atoms. The van der Waals surface area contributed by atoms with Gasteiger partial charge in [-0.1, -0.05) is 49.8 Å². The van der Waals surface area contributed by atoms with Crippen molar-refractivity contribution in [3.05, 3.63) is 53.9 Å². The molecule has 1 saturated carbocycles. The van der Waals surface area contributed by atoms with E-state index in [1.165, 1.54) is 19.8 Å². The van der Waals surface area contributed by atoms with Gasteiger partial charge in [0.05, 0.1) is 10.7 Å². The normalized spacial score (nSPS) is 25.3. The van der Waals surface area contributed by atoms with E-state index in [0.29, 0.717) is 17.7 Å². The molecule has 1 aliphatic carbocycles. The average molecular weight is 537 g/mol. The highest BCUT2D eigenvalue weighted by atomic mass is 32.2. The SMILES string of the molecule is C=C(F)CC.CC/C(=C\C(C)F)[C@@H]1CCC[C@H](C2(CN3CCCC3)CC2)N1S(=O)(=O)c1ccc(C)cc1. The van der Waals surface area contributed by atoms with Crippen LogP contribution in [0.25, 0.3) is 0 Å². The Bertz CT molecular complexity index is 1030. The lowest BCUT2D eigenvalue weighted by molar-refractivity contribution is 0.105. The summed E-state index contributed by atoms with van der Waals surface area (Å²) in [4.78, 5) is 2.90. The topological polar surface area (TPSA) is 40.6 Å². The van der Waals surface area contributed by atoms with Crippen LogP contribution in [0.3, 0.4) is 0 Å². The first-order chi connectivity index (χ1) is 17.5. The molecule has 2 saturated heterocycles. The molecule has 4 rings (SSSR count). The Balaban J connectivity index is 0.000000695. The molecule has 3 fully saturated rings. The fourth-order valence-electron chi connectivity index (χ4n) is 5.97. The number of alkyl halides is 1. The lowest BCUT2D eigenvalue weighted by Gasteiger charge is -2.46. The Labute approximate surface area is 223 Å². The van der Waals surface area contributed by atoms with Gasteiger partial charge < -0.3 is 4.90 Å². The molecule has 2 aliphatic heterocycles. The van der Waals surface area contributed by atoms with Crippen LogP contribution < -0.4 is 0 Å². The third-order valence-corrected chi connectivity index (χ3v) is 10.1. The zero-order valence-electron chi connectivity index (χ0n) is 23.2. The molecular formula is C30H46F2N2O2S. The number of sulfonamides is 1. The Hall–Kier alpha value is -1.57. The third-order valence-electron chi connectivity index (χ3n) is 8.17. The van der Waals surface area contributed by atoms with Crippen LogP contribution in [0.4, 0.5) is 8.78 Å². The maximum absolute atomic E-state index is 14.1. The molecule has 4 nitrogen and oxygen atoms in total. The molecule has 0 aromatic heterocycles. The molecule has 37 heavy (non-hydrogen) atoms. The van der Waals surface area contributed by atoms with Gasteiger partial charge in [0.2, 0.25) is 10.0 Å². The minimum atomic E-state index is -3.69. The summed E-state index contributed by atoms with van der Waals surface area (Å²) in [6.07, 6.45) is 9.03. The van der Waals surface area contributed by atoms with E-state index in [9.17, 15) is 17.2 Å². The zero-order chi connectivity index (χ0) is 27.2. The Morgan fingerprint density at radius 3 is 2.19 bits per heavy atom. The van der Waals surface area contributed by atoms with Crippen molar-refractivity contribution in [2.24, 2.45) is 5.41 Å². The van der Waals surface area contributed by atoms with Crippen LogP contribution in [0.1, 0.15) is 84.1 Å². The second kappa shape index (κ2) is 13.0. The second-order valence-corrected chi connectivity index (χ2v) is 12.9. The summed E-state index contributed by atoms with van der Waals surface area (Å²) >= 11 is 0. The summed E-state index contributed by atoms with van der Waals surface area (Å²) in [5.41, 5.74) is 2.02. The van der Waals surface area contributed by atoms with E-state index < -0.39 is 16.2 Å².